The van der Waals surface area contributed by atoms with Crippen molar-refractivity contribution in [2.75, 3.05) is 5.01 Å². The molecule has 2 aromatic heterocycles. The van der Waals surface area contributed by atoms with Gasteiger partial charge in [0, 0.05) is 24.9 Å². The van der Waals surface area contributed by atoms with E-state index in [-0.39, 0.29) is 11.8 Å². The topological polar surface area (TPSA) is 118 Å². The number of carbonyl (C=O) groups is 1. The number of hydrogen-bond acceptors (Lipinski definition) is 6. The molecule has 0 aliphatic heterocycles. The number of pyridine rings is 1. The normalized spacial score (nSPS) is 10.1. The first-order valence-electron chi connectivity index (χ1n) is 5.02. The maximum atomic E-state index is 11.4. The molecule has 0 bridgehead atoms. The molecule has 0 spiro atoms. The standard InChI is InChI=1S/C10H10N6O2/c1-6(17)16(11)9-13-8(14-10(18)15-9)7-2-4-12-5-3-7/h2-5H,11H2,1H3,(H,13,14,15,18). The number of hydrazine groups is 1. The minimum Gasteiger partial charge on any atom is -0.290 e. The quantitative estimate of drug-likeness (QED) is 0.417. The number of nitrogens with zero attached hydrogens (tertiary/aromatic N) is 4. The Labute approximate surface area is 101 Å². The zero-order valence-electron chi connectivity index (χ0n) is 9.49. The SMILES string of the molecule is CC(=O)N(N)c1nc(-c2ccncc2)[nH]c(=O)n1. The summed E-state index contributed by atoms with van der Waals surface area (Å²) < 4.78 is 0. The molecule has 18 heavy (non-hydrogen) atoms. The molecular formula is C10H10N6O2. The highest BCUT2D eigenvalue weighted by atomic mass is 16.2. The summed E-state index contributed by atoms with van der Waals surface area (Å²) >= 11 is 0. The molecule has 0 fully saturated rings. The van der Waals surface area contributed by atoms with Crippen molar-refractivity contribution in [3.63, 3.8) is 0 Å². The van der Waals surface area contributed by atoms with Gasteiger partial charge in [0.1, 0.15) is 5.82 Å². The minimum atomic E-state index is -0.636. The summed E-state index contributed by atoms with van der Waals surface area (Å²) in [5.74, 6) is 5.09. The van der Waals surface area contributed by atoms with Crippen molar-refractivity contribution in [2.24, 2.45) is 5.84 Å². The lowest BCUT2D eigenvalue weighted by molar-refractivity contribution is -0.116. The van der Waals surface area contributed by atoms with Crippen molar-refractivity contribution in [1.82, 2.24) is 19.9 Å². The largest absolute Gasteiger partial charge is 0.349 e. The molecule has 0 atom stereocenters. The van der Waals surface area contributed by atoms with Gasteiger partial charge in [-0.2, -0.15) is 9.97 Å². The number of H-pyrrole nitrogens is 1. The Morgan fingerprint density at radius 2 is 2.00 bits per heavy atom. The molecule has 0 saturated heterocycles. The van der Waals surface area contributed by atoms with Gasteiger partial charge in [-0.05, 0) is 12.1 Å². The van der Waals surface area contributed by atoms with Gasteiger partial charge in [-0.25, -0.2) is 15.6 Å². The Kier molecular flexibility index (Phi) is 3.11. The van der Waals surface area contributed by atoms with Crippen LogP contribution in [0.5, 0.6) is 0 Å². The van der Waals surface area contributed by atoms with Gasteiger partial charge >= 0.3 is 5.69 Å². The van der Waals surface area contributed by atoms with Crippen LogP contribution in [-0.4, -0.2) is 25.8 Å². The molecule has 0 radical (unpaired) electrons. The predicted molar refractivity (Wildman–Crippen MR) is 63.2 cm³/mol. The Balaban J connectivity index is 2.51. The third-order valence-corrected chi connectivity index (χ3v) is 2.15. The molecule has 0 saturated carbocycles. The Bertz CT molecular complexity index is 624. The van der Waals surface area contributed by atoms with Crippen LogP contribution in [-0.2, 0) is 4.79 Å². The molecule has 3 N–H and O–H groups in total. The molecule has 8 nitrogen and oxygen atoms in total. The number of carbonyl (C=O) groups excluding carboxylic acids is 1. The van der Waals surface area contributed by atoms with E-state index in [0.717, 1.165) is 0 Å². The maximum absolute atomic E-state index is 11.4. The zero-order valence-corrected chi connectivity index (χ0v) is 9.49. The van der Waals surface area contributed by atoms with Crippen molar-refractivity contribution in [2.45, 2.75) is 6.92 Å². The van der Waals surface area contributed by atoms with Crippen LogP contribution < -0.4 is 16.5 Å². The van der Waals surface area contributed by atoms with Crippen molar-refractivity contribution < 1.29 is 4.79 Å². The van der Waals surface area contributed by atoms with Crippen LogP contribution in [0.25, 0.3) is 11.4 Å². The second-order valence-electron chi connectivity index (χ2n) is 3.43. The van der Waals surface area contributed by atoms with Crippen LogP contribution >= 0.6 is 0 Å². The minimum absolute atomic E-state index is 0.155. The molecule has 1 amide bonds. The van der Waals surface area contributed by atoms with Gasteiger partial charge in [-0.1, -0.05) is 0 Å². The second kappa shape index (κ2) is 4.72. The third kappa shape index (κ3) is 2.38. The van der Waals surface area contributed by atoms with E-state index in [1.165, 1.54) is 6.92 Å². The molecule has 0 aromatic carbocycles. The number of aromatic nitrogens is 4. The van der Waals surface area contributed by atoms with Gasteiger partial charge < -0.3 is 0 Å². The fraction of sp³-hybridized carbons (Fsp3) is 0.100. The molecule has 2 heterocycles. The summed E-state index contributed by atoms with van der Waals surface area (Å²) in [5, 5.41) is 0.708. The third-order valence-electron chi connectivity index (χ3n) is 2.15. The van der Waals surface area contributed by atoms with Gasteiger partial charge in [0.05, 0.1) is 0 Å². The fourth-order valence-electron chi connectivity index (χ4n) is 1.27. The summed E-state index contributed by atoms with van der Waals surface area (Å²) in [6.45, 7) is 1.25. The summed E-state index contributed by atoms with van der Waals surface area (Å²) in [4.78, 5) is 36.3. The van der Waals surface area contributed by atoms with Crippen LogP contribution in [0.3, 0.4) is 0 Å². The van der Waals surface area contributed by atoms with Gasteiger partial charge in [-0.3, -0.25) is 14.8 Å². The zero-order chi connectivity index (χ0) is 13.1. The average molecular weight is 246 g/mol. The average Bonchev–Trinajstić information content (AvgIpc) is 2.38. The smallest absolute Gasteiger partial charge is 0.290 e. The Hall–Kier alpha value is -2.61. The summed E-state index contributed by atoms with van der Waals surface area (Å²) in [7, 11) is 0. The Morgan fingerprint density at radius 1 is 1.33 bits per heavy atom. The van der Waals surface area contributed by atoms with E-state index in [1.54, 1.807) is 24.5 Å². The number of rotatable bonds is 2. The molecule has 0 aliphatic carbocycles. The molecule has 2 rings (SSSR count). The van der Waals surface area contributed by atoms with Crippen LogP contribution in [0.15, 0.2) is 29.3 Å². The number of amides is 1. The molecule has 92 valence electrons. The van der Waals surface area contributed by atoms with Crippen LogP contribution in [0.1, 0.15) is 6.92 Å². The van der Waals surface area contributed by atoms with E-state index in [0.29, 0.717) is 10.6 Å². The lowest BCUT2D eigenvalue weighted by atomic mass is 10.2. The van der Waals surface area contributed by atoms with E-state index >= 15 is 0 Å². The van der Waals surface area contributed by atoms with Crippen molar-refractivity contribution in [3.8, 4) is 11.4 Å². The van der Waals surface area contributed by atoms with Crippen molar-refractivity contribution in [3.05, 3.63) is 35.0 Å². The van der Waals surface area contributed by atoms with E-state index in [2.05, 4.69) is 19.9 Å². The maximum Gasteiger partial charge on any atom is 0.349 e. The lowest BCUT2D eigenvalue weighted by Gasteiger charge is -2.11. The summed E-state index contributed by atoms with van der Waals surface area (Å²) in [6.07, 6.45) is 3.11. The van der Waals surface area contributed by atoms with E-state index in [4.69, 9.17) is 5.84 Å². The van der Waals surface area contributed by atoms with E-state index < -0.39 is 11.6 Å². The molecule has 2 aromatic rings. The van der Waals surface area contributed by atoms with Gasteiger partial charge in [0.2, 0.25) is 5.91 Å². The van der Waals surface area contributed by atoms with Gasteiger partial charge in [-0.15, -0.1) is 0 Å². The number of hydrogen-bond donors (Lipinski definition) is 2. The highest BCUT2D eigenvalue weighted by molar-refractivity contribution is 5.88. The van der Waals surface area contributed by atoms with Crippen LogP contribution in [0.2, 0.25) is 0 Å². The molecular weight excluding hydrogens is 236 g/mol. The highest BCUT2D eigenvalue weighted by Crippen LogP contribution is 2.12. The monoisotopic (exact) mass is 246 g/mol. The highest BCUT2D eigenvalue weighted by Gasteiger charge is 2.12. The van der Waals surface area contributed by atoms with Crippen molar-refractivity contribution >= 4 is 11.9 Å². The molecule has 0 unspecified atom stereocenters. The predicted octanol–water partition coefficient (Wildman–Crippen LogP) is -0.546. The second-order valence-corrected chi connectivity index (χ2v) is 3.43. The number of nitrogens with two attached hydrogens (primary N) is 1. The van der Waals surface area contributed by atoms with Gasteiger partial charge in [0.15, 0.2) is 0 Å². The summed E-state index contributed by atoms with van der Waals surface area (Å²) in [5.41, 5.74) is 0.00575. The first-order valence-corrected chi connectivity index (χ1v) is 5.02. The number of nitrogens with one attached hydrogen (secondary N) is 1. The molecule has 8 heteroatoms. The summed E-state index contributed by atoms with van der Waals surface area (Å²) in [6, 6.07) is 3.33. The first-order chi connectivity index (χ1) is 8.58. The van der Waals surface area contributed by atoms with E-state index in [1.807, 2.05) is 0 Å². The number of aromatic amines is 1. The Morgan fingerprint density at radius 3 is 2.61 bits per heavy atom. The molecule has 0 aliphatic rings. The van der Waals surface area contributed by atoms with E-state index in [9.17, 15) is 9.59 Å². The van der Waals surface area contributed by atoms with Crippen LogP contribution in [0.4, 0.5) is 5.95 Å². The lowest BCUT2D eigenvalue weighted by Crippen LogP contribution is -2.38. The first kappa shape index (κ1) is 11.9. The number of anilines is 1. The van der Waals surface area contributed by atoms with Gasteiger partial charge in [0.25, 0.3) is 5.95 Å². The van der Waals surface area contributed by atoms with Crippen molar-refractivity contribution in [1.29, 1.82) is 0 Å². The fourth-order valence-corrected chi connectivity index (χ4v) is 1.27. The van der Waals surface area contributed by atoms with Crippen LogP contribution in [0, 0.1) is 0 Å².